The molecular formula is C24H35N3O6. The number of ether oxygens (including phenoxy) is 3. The van der Waals surface area contributed by atoms with Crippen molar-refractivity contribution in [1.82, 2.24) is 10.3 Å². The summed E-state index contributed by atoms with van der Waals surface area (Å²) >= 11 is 0. The van der Waals surface area contributed by atoms with E-state index in [0.29, 0.717) is 37.2 Å². The van der Waals surface area contributed by atoms with E-state index in [1.54, 1.807) is 18.3 Å². The van der Waals surface area contributed by atoms with Crippen LogP contribution in [-0.2, 0) is 24.0 Å². The van der Waals surface area contributed by atoms with E-state index in [9.17, 15) is 4.79 Å². The van der Waals surface area contributed by atoms with Crippen molar-refractivity contribution in [1.29, 1.82) is 0 Å². The van der Waals surface area contributed by atoms with Crippen molar-refractivity contribution in [3.63, 3.8) is 0 Å². The second-order valence-electron chi connectivity index (χ2n) is 10.1. The monoisotopic (exact) mass is 461 g/mol. The number of urea groups is 1. The van der Waals surface area contributed by atoms with Crippen LogP contribution in [0, 0.1) is 23.7 Å². The molecule has 0 unspecified atom stereocenters. The number of nitrogens with one attached hydrogen (secondary N) is 2. The number of anilines is 1. The zero-order valence-corrected chi connectivity index (χ0v) is 19.6. The summed E-state index contributed by atoms with van der Waals surface area (Å²) in [6.07, 6.45) is 5.43. The highest BCUT2D eigenvalue weighted by Crippen LogP contribution is 2.60. The maximum Gasteiger partial charge on any atom is 0.320 e. The van der Waals surface area contributed by atoms with Crippen molar-refractivity contribution >= 4 is 11.8 Å². The van der Waals surface area contributed by atoms with E-state index in [4.69, 9.17) is 24.0 Å². The molecule has 4 saturated heterocycles. The Morgan fingerprint density at radius 2 is 2.09 bits per heavy atom. The highest BCUT2D eigenvalue weighted by Gasteiger charge is 2.69. The summed E-state index contributed by atoms with van der Waals surface area (Å²) in [6.45, 7) is 7.37. The molecule has 33 heavy (non-hydrogen) atoms. The Hall–Kier alpha value is -1.78. The molecule has 0 radical (unpaired) electrons. The van der Waals surface area contributed by atoms with Gasteiger partial charge >= 0.3 is 6.03 Å². The van der Waals surface area contributed by atoms with Crippen LogP contribution in [0.4, 0.5) is 10.6 Å². The van der Waals surface area contributed by atoms with Crippen molar-refractivity contribution in [3.8, 4) is 0 Å². The van der Waals surface area contributed by atoms with E-state index in [1.807, 2.05) is 13.0 Å². The van der Waals surface area contributed by atoms with Crippen LogP contribution in [0.1, 0.15) is 52.9 Å². The number of amides is 2. The fourth-order valence-corrected chi connectivity index (χ4v) is 6.13. The van der Waals surface area contributed by atoms with E-state index in [-0.39, 0.29) is 24.2 Å². The molecule has 5 heterocycles. The smallest absolute Gasteiger partial charge is 0.320 e. The van der Waals surface area contributed by atoms with Gasteiger partial charge in [0.15, 0.2) is 18.2 Å². The van der Waals surface area contributed by atoms with Crippen LogP contribution in [-0.4, -0.2) is 48.1 Å². The first-order valence-corrected chi connectivity index (χ1v) is 12.2. The molecule has 5 aliphatic rings. The minimum absolute atomic E-state index is 0.145. The molecule has 1 aromatic heterocycles. The third-order valence-corrected chi connectivity index (χ3v) is 7.89. The summed E-state index contributed by atoms with van der Waals surface area (Å²) in [7, 11) is 0. The largest absolute Gasteiger partial charge is 0.352 e. The lowest BCUT2D eigenvalue weighted by Gasteiger charge is -2.60. The highest BCUT2D eigenvalue weighted by molar-refractivity contribution is 5.88. The lowest BCUT2D eigenvalue weighted by molar-refractivity contribution is -0.577. The molecule has 2 amide bonds. The Bertz CT molecular complexity index is 843. The van der Waals surface area contributed by atoms with Crippen molar-refractivity contribution in [2.24, 2.45) is 23.7 Å². The van der Waals surface area contributed by atoms with Crippen molar-refractivity contribution in [2.75, 3.05) is 18.5 Å². The molecule has 1 aromatic rings. The fraction of sp³-hybridized carbons (Fsp3) is 0.750. The fourth-order valence-electron chi connectivity index (χ4n) is 6.13. The van der Waals surface area contributed by atoms with Gasteiger partial charge in [-0.1, -0.05) is 19.9 Å². The Morgan fingerprint density at radius 3 is 2.91 bits per heavy atom. The minimum atomic E-state index is -0.784. The second-order valence-corrected chi connectivity index (χ2v) is 10.1. The third-order valence-electron chi connectivity index (χ3n) is 7.89. The van der Waals surface area contributed by atoms with Gasteiger partial charge in [-0.3, -0.25) is 5.32 Å². The lowest BCUT2D eigenvalue weighted by atomic mass is 9.58. The van der Waals surface area contributed by atoms with Gasteiger partial charge < -0.3 is 19.5 Å². The predicted molar refractivity (Wildman–Crippen MR) is 119 cm³/mol. The topological polar surface area (TPSA) is 100 Å². The molecule has 0 aromatic carbocycles. The molecule has 9 heteroatoms. The summed E-state index contributed by atoms with van der Waals surface area (Å²) in [5, 5.41) is 5.53. The second kappa shape index (κ2) is 9.11. The maximum absolute atomic E-state index is 12.0. The average molecular weight is 462 g/mol. The molecule has 8 atom stereocenters. The number of rotatable bonds is 6. The average Bonchev–Trinajstić information content (AvgIpc) is 3.03. The Balaban J connectivity index is 1.16. The molecule has 1 spiro atoms. The highest BCUT2D eigenvalue weighted by atomic mass is 17.3. The maximum atomic E-state index is 12.0. The number of hydrogen-bond acceptors (Lipinski definition) is 7. The molecule has 2 N–H and O–H groups in total. The van der Waals surface area contributed by atoms with E-state index < -0.39 is 17.7 Å². The van der Waals surface area contributed by atoms with Gasteiger partial charge in [0.1, 0.15) is 5.82 Å². The number of hydrogen-bond donors (Lipinski definition) is 2. The van der Waals surface area contributed by atoms with E-state index in [2.05, 4.69) is 29.5 Å². The van der Waals surface area contributed by atoms with Gasteiger partial charge in [0.25, 0.3) is 0 Å². The van der Waals surface area contributed by atoms with Gasteiger partial charge in [0.2, 0.25) is 5.79 Å². The van der Waals surface area contributed by atoms with Crippen LogP contribution in [0.25, 0.3) is 0 Å². The Labute approximate surface area is 194 Å². The minimum Gasteiger partial charge on any atom is -0.352 e. The van der Waals surface area contributed by atoms with E-state index in [0.717, 1.165) is 25.7 Å². The van der Waals surface area contributed by atoms with Crippen molar-refractivity contribution in [2.45, 2.75) is 76.8 Å². The lowest BCUT2D eigenvalue weighted by Crippen LogP contribution is -2.70. The van der Waals surface area contributed by atoms with Crippen LogP contribution in [0.3, 0.4) is 0 Å². The summed E-state index contributed by atoms with van der Waals surface area (Å²) < 4.78 is 18.9. The zero-order chi connectivity index (χ0) is 23.1. The summed E-state index contributed by atoms with van der Waals surface area (Å²) in [6, 6.07) is 5.08. The first kappa shape index (κ1) is 23.0. The van der Waals surface area contributed by atoms with Gasteiger partial charge in [-0.25, -0.2) is 19.6 Å². The third kappa shape index (κ3) is 4.25. The molecule has 6 rings (SSSR count). The molecular weight excluding hydrogens is 426 g/mol. The molecule has 1 saturated carbocycles. The van der Waals surface area contributed by atoms with Gasteiger partial charge in [0.05, 0.1) is 6.61 Å². The van der Waals surface area contributed by atoms with Crippen LogP contribution in [0.5, 0.6) is 0 Å². The summed E-state index contributed by atoms with van der Waals surface area (Å²) in [5.41, 5.74) is -0.571. The first-order chi connectivity index (χ1) is 15.9. The molecule has 2 bridgehead atoms. The van der Waals surface area contributed by atoms with Gasteiger partial charge in [-0.2, -0.15) is 0 Å². The summed E-state index contributed by atoms with van der Waals surface area (Å²) in [5.74, 6) is 0.998. The van der Waals surface area contributed by atoms with E-state index in [1.165, 1.54) is 0 Å². The zero-order valence-electron chi connectivity index (χ0n) is 19.6. The quantitative estimate of drug-likeness (QED) is 0.491. The van der Waals surface area contributed by atoms with Crippen LogP contribution in [0.15, 0.2) is 24.4 Å². The van der Waals surface area contributed by atoms with Gasteiger partial charge in [-0.05, 0) is 56.6 Å². The van der Waals surface area contributed by atoms with Crippen LogP contribution >= 0.6 is 0 Å². The molecule has 1 aliphatic carbocycles. The molecule has 5 fully saturated rings. The Morgan fingerprint density at radius 1 is 1.21 bits per heavy atom. The normalized spacial score (nSPS) is 41.7. The number of carbonyl (C=O) groups excluding carboxylic acids is 1. The van der Waals surface area contributed by atoms with Crippen LogP contribution in [0.2, 0.25) is 0 Å². The number of pyridine rings is 1. The molecule has 182 valence electrons. The van der Waals surface area contributed by atoms with E-state index >= 15 is 0 Å². The number of aromatic nitrogens is 1. The SMILES string of the molecule is C[C@H]1[C@@H](OCCCNC(=O)Nc2ccccn2)O[C@@H]2O[C@]3(C)CC[C@H]4[C@H](C)CC[C@@H]1[C@@]24OO3. The van der Waals surface area contributed by atoms with Crippen LogP contribution < -0.4 is 10.6 Å². The Kier molecular flexibility index (Phi) is 6.35. The molecule has 4 aliphatic heterocycles. The van der Waals surface area contributed by atoms with Crippen molar-refractivity contribution < 1.29 is 28.8 Å². The standard InChI is InChI=1S/C24H35N3O6/c1-15-8-9-18-16(2)20(29-14-6-13-26-22(28)27-19-7-4-5-12-25-19)30-21-24(18)17(15)10-11-23(3,31-21)32-33-24/h4-5,7,12,15-18,20-21H,6,8-11,13-14H2,1-3H3,(H2,25,26,27,28)/t15-,16-,17+,18+,20+,21-,23+,24-/m1/s1. The first-order valence-electron chi connectivity index (χ1n) is 12.2. The number of carbonyl (C=O) groups is 1. The summed E-state index contributed by atoms with van der Waals surface area (Å²) in [4.78, 5) is 28.1. The number of nitrogens with zero attached hydrogens (tertiary/aromatic N) is 1. The number of fused-ring (bicyclic) bond motifs is 2. The van der Waals surface area contributed by atoms with Gasteiger partial charge in [-0.15, -0.1) is 0 Å². The predicted octanol–water partition coefficient (Wildman–Crippen LogP) is 3.82. The van der Waals surface area contributed by atoms with Gasteiger partial charge in [0, 0.05) is 31.0 Å². The molecule has 9 nitrogen and oxygen atoms in total. The van der Waals surface area contributed by atoms with Crippen molar-refractivity contribution in [3.05, 3.63) is 24.4 Å².